The van der Waals surface area contributed by atoms with Crippen LogP contribution in [0.3, 0.4) is 0 Å². The van der Waals surface area contributed by atoms with Crippen molar-refractivity contribution in [3.63, 3.8) is 0 Å². The molecule has 0 amide bonds. The third-order valence-electron chi connectivity index (χ3n) is 6.46. The van der Waals surface area contributed by atoms with E-state index in [0.29, 0.717) is 59.5 Å². The van der Waals surface area contributed by atoms with E-state index < -0.39 is 11.6 Å². The maximum Gasteiger partial charge on any atom is 0.260 e. The number of H-pyrrole nitrogens is 1. The number of aliphatic hydroxyl groups excluding tert-OH is 1. The van der Waals surface area contributed by atoms with Gasteiger partial charge in [-0.25, -0.2) is 13.8 Å². The zero-order valence-corrected chi connectivity index (χ0v) is 17.1. The van der Waals surface area contributed by atoms with Gasteiger partial charge in [-0.05, 0) is 49.4 Å². The van der Waals surface area contributed by atoms with Gasteiger partial charge in [0.15, 0.2) is 0 Å². The Bertz CT molecular complexity index is 1130. The molecule has 1 aliphatic rings. The standard InChI is InChI=1S/C23H25F2N3O2/c1-3-23(19-14(2)11-16(24)12-18(19)25)7-9-28(10-8-23)22-26-20-15(13-29)5-4-6-17(20)21(30)27-22/h4-6,11-12,29H,3,7-10,13H2,1-2H3,(H,26,27,30). The maximum absolute atomic E-state index is 14.7. The zero-order valence-electron chi connectivity index (χ0n) is 17.1. The monoisotopic (exact) mass is 413 g/mol. The molecule has 30 heavy (non-hydrogen) atoms. The molecule has 0 saturated carbocycles. The average Bonchev–Trinajstić information content (AvgIpc) is 2.73. The Balaban J connectivity index is 1.67. The number of halogens is 2. The van der Waals surface area contributed by atoms with Crippen LogP contribution < -0.4 is 10.5 Å². The fourth-order valence-electron chi connectivity index (χ4n) is 4.79. The van der Waals surface area contributed by atoms with Crippen molar-refractivity contribution in [2.45, 2.75) is 45.1 Å². The number of hydrogen-bond acceptors (Lipinski definition) is 4. The minimum Gasteiger partial charge on any atom is -0.392 e. The molecule has 158 valence electrons. The molecule has 5 nitrogen and oxygen atoms in total. The number of aryl methyl sites for hydroxylation is 1. The summed E-state index contributed by atoms with van der Waals surface area (Å²) in [5.74, 6) is -0.600. The Hall–Kier alpha value is -2.80. The topological polar surface area (TPSA) is 69.2 Å². The Morgan fingerprint density at radius 3 is 2.60 bits per heavy atom. The third-order valence-corrected chi connectivity index (χ3v) is 6.46. The first kappa shape index (κ1) is 20.5. The molecule has 2 aromatic carbocycles. The van der Waals surface area contributed by atoms with Crippen LogP contribution in [0.1, 0.15) is 42.9 Å². The molecular weight excluding hydrogens is 388 g/mol. The Morgan fingerprint density at radius 1 is 1.23 bits per heavy atom. The number of hydrogen-bond donors (Lipinski definition) is 2. The van der Waals surface area contributed by atoms with Crippen molar-refractivity contribution in [3.8, 4) is 0 Å². The minimum absolute atomic E-state index is 0.199. The number of aliphatic hydroxyl groups is 1. The van der Waals surface area contributed by atoms with Crippen LogP contribution in [0, 0.1) is 18.6 Å². The second kappa shape index (κ2) is 7.80. The Kier molecular flexibility index (Phi) is 5.32. The van der Waals surface area contributed by atoms with Gasteiger partial charge in [-0.15, -0.1) is 0 Å². The number of nitrogens with zero attached hydrogens (tertiary/aromatic N) is 2. The number of aromatic nitrogens is 2. The predicted octanol–water partition coefficient (Wildman–Crippen LogP) is 3.95. The maximum atomic E-state index is 14.7. The van der Waals surface area contributed by atoms with Crippen molar-refractivity contribution < 1.29 is 13.9 Å². The molecule has 3 aromatic rings. The van der Waals surface area contributed by atoms with Crippen molar-refractivity contribution in [1.82, 2.24) is 9.97 Å². The highest BCUT2D eigenvalue weighted by Crippen LogP contribution is 2.42. The molecule has 1 aromatic heterocycles. The summed E-state index contributed by atoms with van der Waals surface area (Å²) in [6.07, 6.45) is 2.06. The van der Waals surface area contributed by atoms with Crippen molar-refractivity contribution >= 4 is 16.9 Å². The zero-order chi connectivity index (χ0) is 21.5. The highest BCUT2D eigenvalue weighted by atomic mass is 19.1. The highest BCUT2D eigenvalue weighted by molar-refractivity contribution is 5.81. The Morgan fingerprint density at radius 2 is 1.97 bits per heavy atom. The van der Waals surface area contributed by atoms with Crippen LogP contribution in [-0.4, -0.2) is 28.2 Å². The quantitative estimate of drug-likeness (QED) is 0.680. The molecule has 7 heteroatoms. The summed E-state index contributed by atoms with van der Waals surface area (Å²) in [7, 11) is 0. The molecule has 0 bridgehead atoms. The smallest absolute Gasteiger partial charge is 0.260 e. The van der Waals surface area contributed by atoms with Gasteiger partial charge < -0.3 is 10.0 Å². The summed E-state index contributed by atoms with van der Waals surface area (Å²) in [6.45, 7) is 4.75. The van der Waals surface area contributed by atoms with Gasteiger partial charge in [0.1, 0.15) is 11.6 Å². The van der Waals surface area contributed by atoms with Gasteiger partial charge in [0, 0.05) is 30.1 Å². The van der Waals surface area contributed by atoms with Crippen LogP contribution in [0.4, 0.5) is 14.7 Å². The van der Waals surface area contributed by atoms with E-state index in [0.717, 1.165) is 12.5 Å². The highest BCUT2D eigenvalue weighted by Gasteiger charge is 2.38. The van der Waals surface area contributed by atoms with Gasteiger partial charge in [-0.1, -0.05) is 19.1 Å². The van der Waals surface area contributed by atoms with Crippen LogP contribution >= 0.6 is 0 Å². The largest absolute Gasteiger partial charge is 0.392 e. The van der Waals surface area contributed by atoms with Gasteiger partial charge in [0.05, 0.1) is 17.5 Å². The second-order valence-electron chi connectivity index (χ2n) is 8.06. The van der Waals surface area contributed by atoms with Crippen molar-refractivity contribution in [2.24, 2.45) is 0 Å². The summed E-state index contributed by atoms with van der Waals surface area (Å²) in [4.78, 5) is 22.0. The number of rotatable bonds is 4. The summed E-state index contributed by atoms with van der Waals surface area (Å²) < 4.78 is 28.3. The minimum atomic E-state index is -0.560. The molecule has 1 fully saturated rings. The average molecular weight is 413 g/mol. The number of nitrogens with one attached hydrogen (secondary N) is 1. The molecule has 1 aliphatic heterocycles. The summed E-state index contributed by atoms with van der Waals surface area (Å²) >= 11 is 0. The SMILES string of the molecule is CCC1(c2c(C)cc(F)cc2F)CCN(c2nc3c(CO)cccc3c(=O)[nH]2)CC1. The first-order valence-corrected chi connectivity index (χ1v) is 10.2. The summed E-state index contributed by atoms with van der Waals surface area (Å²) in [6, 6.07) is 7.51. The van der Waals surface area contributed by atoms with E-state index >= 15 is 0 Å². The molecule has 2 N–H and O–H groups in total. The van der Waals surface area contributed by atoms with Crippen molar-refractivity contribution in [1.29, 1.82) is 0 Å². The first-order valence-electron chi connectivity index (χ1n) is 10.2. The normalized spacial score (nSPS) is 16.2. The molecule has 0 spiro atoms. The fourth-order valence-corrected chi connectivity index (χ4v) is 4.79. The lowest BCUT2D eigenvalue weighted by Crippen LogP contribution is -2.44. The van der Waals surface area contributed by atoms with Gasteiger partial charge in [0.25, 0.3) is 5.56 Å². The second-order valence-corrected chi connectivity index (χ2v) is 8.06. The van der Waals surface area contributed by atoms with Crippen LogP contribution in [0.25, 0.3) is 10.9 Å². The molecule has 2 heterocycles. The number of benzene rings is 2. The number of aromatic amines is 1. The lowest BCUT2D eigenvalue weighted by atomic mass is 9.69. The molecular formula is C23H25F2N3O2. The van der Waals surface area contributed by atoms with Crippen LogP contribution in [0.5, 0.6) is 0 Å². The van der Waals surface area contributed by atoms with Crippen molar-refractivity contribution in [3.05, 3.63) is 69.0 Å². The summed E-state index contributed by atoms with van der Waals surface area (Å²) in [5, 5.41) is 10.0. The predicted molar refractivity (Wildman–Crippen MR) is 113 cm³/mol. The first-order chi connectivity index (χ1) is 14.4. The molecule has 0 atom stereocenters. The van der Waals surface area contributed by atoms with E-state index in [1.54, 1.807) is 25.1 Å². The third kappa shape index (κ3) is 3.37. The van der Waals surface area contributed by atoms with Crippen LogP contribution in [0.15, 0.2) is 35.1 Å². The number of para-hydroxylation sites is 1. The number of fused-ring (bicyclic) bond motifs is 1. The van der Waals surface area contributed by atoms with Gasteiger partial charge in [-0.2, -0.15) is 0 Å². The molecule has 1 saturated heterocycles. The van der Waals surface area contributed by atoms with E-state index in [-0.39, 0.29) is 17.6 Å². The fraction of sp³-hybridized carbons (Fsp3) is 0.391. The molecule has 0 unspecified atom stereocenters. The van der Waals surface area contributed by atoms with Gasteiger partial charge >= 0.3 is 0 Å². The van der Waals surface area contributed by atoms with Crippen LogP contribution in [-0.2, 0) is 12.0 Å². The number of piperidine rings is 1. The molecule has 0 aliphatic carbocycles. The van der Waals surface area contributed by atoms with E-state index in [9.17, 15) is 18.7 Å². The van der Waals surface area contributed by atoms with E-state index in [4.69, 9.17) is 0 Å². The van der Waals surface area contributed by atoms with E-state index in [2.05, 4.69) is 9.97 Å². The molecule has 0 radical (unpaired) electrons. The summed E-state index contributed by atoms with van der Waals surface area (Å²) in [5.41, 5.74) is 1.68. The number of anilines is 1. The molecule has 4 rings (SSSR count). The van der Waals surface area contributed by atoms with E-state index in [1.165, 1.54) is 6.07 Å². The van der Waals surface area contributed by atoms with E-state index in [1.807, 2.05) is 11.8 Å². The van der Waals surface area contributed by atoms with Gasteiger partial charge in [0.2, 0.25) is 5.95 Å². The van der Waals surface area contributed by atoms with Crippen molar-refractivity contribution in [2.75, 3.05) is 18.0 Å². The van der Waals surface area contributed by atoms with Gasteiger partial charge in [-0.3, -0.25) is 9.78 Å². The lowest BCUT2D eigenvalue weighted by molar-refractivity contribution is 0.283. The van der Waals surface area contributed by atoms with Crippen LogP contribution in [0.2, 0.25) is 0 Å². The Labute approximate surface area is 173 Å². The lowest BCUT2D eigenvalue weighted by Gasteiger charge is -2.43.